The highest BCUT2D eigenvalue weighted by Crippen LogP contribution is 2.26. The van der Waals surface area contributed by atoms with E-state index in [0.29, 0.717) is 11.6 Å². The molecular formula is C17H17ClF2N2O3S. The van der Waals surface area contributed by atoms with Gasteiger partial charge >= 0.3 is 5.76 Å². The van der Waals surface area contributed by atoms with Crippen molar-refractivity contribution in [2.45, 2.75) is 17.2 Å². The third-order valence-electron chi connectivity index (χ3n) is 3.51. The van der Waals surface area contributed by atoms with Crippen molar-refractivity contribution in [2.75, 3.05) is 18.9 Å². The normalized spacial score (nSPS) is 11.8. The van der Waals surface area contributed by atoms with Gasteiger partial charge in [0.1, 0.15) is 0 Å². The molecule has 1 amide bonds. The second-order valence-corrected chi connectivity index (χ2v) is 7.91. The van der Waals surface area contributed by atoms with Gasteiger partial charge in [0.2, 0.25) is 15.7 Å². The zero-order chi connectivity index (χ0) is 19.3. The summed E-state index contributed by atoms with van der Waals surface area (Å²) < 4.78 is 49.0. The lowest BCUT2D eigenvalue weighted by molar-refractivity contribution is -0.117. The number of nitrogens with one attached hydrogen (secondary N) is 1. The number of sulfone groups is 1. The number of nitrogens with zero attached hydrogens (tertiary/aromatic N) is 1. The predicted octanol–water partition coefficient (Wildman–Crippen LogP) is 3.41. The second kappa shape index (κ2) is 8.57. The summed E-state index contributed by atoms with van der Waals surface area (Å²) in [6.07, 6.45) is 0. The van der Waals surface area contributed by atoms with E-state index in [1.807, 2.05) is 12.1 Å². The Morgan fingerprint density at radius 3 is 2.42 bits per heavy atom. The topological polar surface area (TPSA) is 66.5 Å². The Labute approximate surface area is 155 Å². The highest BCUT2D eigenvalue weighted by molar-refractivity contribution is 7.91. The first-order chi connectivity index (χ1) is 12.2. The Kier molecular flexibility index (Phi) is 6.69. The van der Waals surface area contributed by atoms with Crippen LogP contribution in [-0.2, 0) is 21.2 Å². The van der Waals surface area contributed by atoms with E-state index in [-0.39, 0.29) is 12.2 Å². The third-order valence-corrected chi connectivity index (χ3v) is 5.32. The number of likely N-dealkylation sites (N-methyl/N-ethyl adjacent to an activating group) is 1. The number of benzene rings is 2. The van der Waals surface area contributed by atoms with E-state index < -0.39 is 26.4 Å². The number of amides is 1. The van der Waals surface area contributed by atoms with E-state index in [2.05, 4.69) is 5.32 Å². The summed E-state index contributed by atoms with van der Waals surface area (Å²) >= 11 is 6.07. The Morgan fingerprint density at radius 1 is 1.15 bits per heavy atom. The van der Waals surface area contributed by atoms with Crippen molar-refractivity contribution in [1.29, 1.82) is 0 Å². The van der Waals surface area contributed by atoms with Crippen molar-refractivity contribution in [3.8, 4) is 0 Å². The van der Waals surface area contributed by atoms with Crippen molar-refractivity contribution in [3.63, 3.8) is 0 Å². The highest BCUT2D eigenvalue weighted by atomic mass is 35.5. The summed E-state index contributed by atoms with van der Waals surface area (Å²) in [6, 6.07) is 12.2. The van der Waals surface area contributed by atoms with Gasteiger partial charge in [0.25, 0.3) is 0 Å². The molecule has 0 atom stereocenters. The molecule has 0 unspecified atom stereocenters. The molecule has 0 aromatic heterocycles. The van der Waals surface area contributed by atoms with Crippen LogP contribution in [-0.4, -0.2) is 38.6 Å². The lowest BCUT2D eigenvalue weighted by Crippen LogP contribution is -2.30. The lowest BCUT2D eigenvalue weighted by atomic mass is 10.2. The van der Waals surface area contributed by atoms with E-state index in [4.69, 9.17) is 11.6 Å². The Hall–Kier alpha value is -2.03. The van der Waals surface area contributed by atoms with Crippen molar-refractivity contribution in [1.82, 2.24) is 4.90 Å². The lowest BCUT2D eigenvalue weighted by Gasteiger charge is -2.18. The van der Waals surface area contributed by atoms with Crippen LogP contribution in [0.1, 0.15) is 5.56 Å². The number of carbonyl (C=O) groups is 1. The third kappa shape index (κ3) is 5.00. The van der Waals surface area contributed by atoms with Crippen molar-refractivity contribution in [3.05, 3.63) is 59.1 Å². The van der Waals surface area contributed by atoms with E-state index in [1.54, 1.807) is 24.1 Å². The summed E-state index contributed by atoms with van der Waals surface area (Å²) in [4.78, 5) is 13.2. The first kappa shape index (κ1) is 20.3. The fraction of sp³-hybridized carbons (Fsp3) is 0.235. The van der Waals surface area contributed by atoms with Crippen LogP contribution in [0.3, 0.4) is 0 Å². The minimum atomic E-state index is -4.81. The second-order valence-electron chi connectivity index (χ2n) is 5.61. The highest BCUT2D eigenvalue weighted by Gasteiger charge is 2.29. The molecule has 0 heterocycles. The number of carbonyl (C=O) groups excluding carboxylic acids is 1. The van der Waals surface area contributed by atoms with Crippen LogP contribution in [0.15, 0.2) is 53.4 Å². The average molecular weight is 403 g/mol. The van der Waals surface area contributed by atoms with Gasteiger partial charge in [-0.15, -0.1) is 0 Å². The molecule has 0 fully saturated rings. The number of rotatable bonds is 7. The van der Waals surface area contributed by atoms with Gasteiger partial charge in [-0.05, 0) is 30.8 Å². The number of alkyl halides is 2. The van der Waals surface area contributed by atoms with Gasteiger partial charge in [-0.2, -0.15) is 8.78 Å². The Balaban J connectivity index is 2.08. The minimum Gasteiger partial charge on any atom is -0.324 e. The molecule has 26 heavy (non-hydrogen) atoms. The number of hydrogen-bond donors (Lipinski definition) is 1. The van der Waals surface area contributed by atoms with Crippen molar-refractivity contribution < 1.29 is 22.0 Å². The molecule has 0 spiro atoms. The largest absolute Gasteiger partial charge is 0.341 e. The van der Waals surface area contributed by atoms with Crippen LogP contribution in [0.25, 0.3) is 0 Å². The Morgan fingerprint density at radius 2 is 1.77 bits per heavy atom. The van der Waals surface area contributed by atoms with E-state index in [0.717, 1.165) is 11.6 Å². The predicted molar refractivity (Wildman–Crippen MR) is 96.0 cm³/mol. The molecule has 0 aliphatic carbocycles. The van der Waals surface area contributed by atoms with Crippen LogP contribution >= 0.6 is 11.6 Å². The first-order valence-electron chi connectivity index (χ1n) is 7.54. The van der Waals surface area contributed by atoms with Gasteiger partial charge in [0.05, 0.1) is 17.1 Å². The molecule has 2 aromatic carbocycles. The van der Waals surface area contributed by atoms with Crippen LogP contribution < -0.4 is 5.32 Å². The molecule has 140 valence electrons. The minimum absolute atomic E-state index is 0.0751. The van der Waals surface area contributed by atoms with Gasteiger partial charge in [-0.25, -0.2) is 8.42 Å². The SMILES string of the molecule is CN(CC(=O)Nc1ccccc1S(=O)(=O)C(F)F)Cc1ccccc1Cl. The fourth-order valence-corrected chi connectivity index (χ4v) is 3.40. The van der Waals surface area contributed by atoms with Crippen LogP contribution in [0.4, 0.5) is 14.5 Å². The van der Waals surface area contributed by atoms with E-state index in [1.165, 1.54) is 18.2 Å². The molecule has 0 aliphatic heterocycles. The summed E-state index contributed by atoms with van der Waals surface area (Å²) in [7, 11) is -3.13. The molecule has 9 heteroatoms. The van der Waals surface area contributed by atoms with Gasteiger partial charge < -0.3 is 5.32 Å². The average Bonchev–Trinajstić information content (AvgIpc) is 2.57. The molecule has 2 aromatic rings. The quantitative estimate of drug-likeness (QED) is 0.770. The number of hydrogen-bond acceptors (Lipinski definition) is 4. The van der Waals surface area contributed by atoms with Crippen molar-refractivity contribution >= 4 is 33.0 Å². The van der Waals surface area contributed by atoms with Gasteiger partial charge in [0, 0.05) is 11.6 Å². The smallest absolute Gasteiger partial charge is 0.324 e. The summed E-state index contributed by atoms with van der Waals surface area (Å²) in [5, 5.41) is 2.94. The van der Waals surface area contributed by atoms with Crippen LogP contribution in [0.5, 0.6) is 0 Å². The molecule has 1 N–H and O–H groups in total. The van der Waals surface area contributed by atoms with E-state index in [9.17, 15) is 22.0 Å². The zero-order valence-electron chi connectivity index (χ0n) is 13.8. The maximum atomic E-state index is 12.8. The maximum Gasteiger partial charge on any atom is 0.341 e. The molecule has 0 saturated heterocycles. The summed E-state index contributed by atoms with van der Waals surface area (Å²) in [5.41, 5.74) is 0.647. The number of anilines is 1. The van der Waals surface area contributed by atoms with E-state index >= 15 is 0 Å². The van der Waals surface area contributed by atoms with Crippen LogP contribution in [0, 0.1) is 0 Å². The molecule has 0 saturated carbocycles. The van der Waals surface area contributed by atoms with Gasteiger partial charge in [-0.3, -0.25) is 9.69 Å². The summed E-state index contributed by atoms with van der Waals surface area (Å²) in [5.74, 6) is -4.10. The number of para-hydroxylation sites is 1. The van der Waals surface area contributed by atoms with Crippen molar-refractivity contribution in [2.24, 2.45) is 0 Å². The van der Waals surface area contributed by atoms with Crippen LogP contribution in [0.2, 0.25) is 5.02 Å². The molecule has 5 nitrogen and oxygen atoms in total. The first-order valence-corrected chi connectivity index (χ1v) is 9.47. The Bertz CT molecular complexity index is 891. The van der Waals surface area contributed by atoms with Gasteiger partial charge in [-0.1, -0.05) is 41.9 Å². The monoisotopic (exact) mass is 402 g/mol. The molecule has 0 aliphatic rings. The summed E-state index contributed by atoms with van der Waals surface area (Å²) in [6.45, 7) is 0.318. The maximum absolute atomic E-state index is 12.8. The zero-order valence-corrected chi connectivity index (χ0v) is 15.4. The molecule has 0 radical (unpaired) electrons. The number of halogens is 3. The van der Waals surface area contributed by atoms with Gasteiger partial charge in [0.15, 0.2) is 0 Å². The molecular weight excluding hydrogens is 386 g/mol. The fourth-order valence-electron chi connectivity index (χ4n) is 2.32. The molecule has 0 bridgehead atoms. The molecule has 2 rings (SSSR count). The standard InChI is InChI=1S/C17H17ClF2N2O3S/c1-22(10-12-6-2-3-7-13(12)18)11-16(23)21-14-8-4-5-9-15(14)26(24,25)17(19)20/h2-9,17H,10-11H2,1H3,(H,21,23).